The van der Waals surface area contributed by atoms with E-state index in [2.05, 4.69) is 0 Å². The Morgan fingerprint density at radius 3 is 2.88 bits per heavy atom. The van der Waals surface area contributed by atoms with Crippen LogP contribution < -0.4 is 0 Å². The molecule has 0 spiro atoms. The van der Waals surface area contributed by atoms with Crippen LogP contribution in [0.3, 0.4) is 0 Å². The maximum absolute atomic E-state index is 11.9. The van der Waals surface area contributed by atoms with Gasteiger partial charge in [0.05, 0.1) is 4.92 Å². The minimum absolute atomic E-state index is 0.0645. The summed E-state index contributed by atoms with van der Waals surface area (Å²) in [5.74, 6) is 0.396. The number of rotatable bonds is 1. The maximum atomic E-state index is 11.9. The van der Waals surface area contributed by atoms with Gasteiger partial charge in [-0.3, -0.25) is 14.9 Å². The summed E-state index contributed by atoms with van der Waals surface area (Å²) in [7, 11) is 0. The molecular weight excluding hydrogens is 218 g/mol. The van der Waals surface area contributed by atoms with Crippen LogP contribution in [0.5, 0.6) is 0 Å². The second kappa shape index (κ2) is 3.65. The molecule has 17 heavy (non-hydrogen) atoms. The molecule has 1 atom stereocenters. The van der Waals surface area contributed by atoms with Crippen molar-refractivity contribution in [3.8, 4) is 0 Å². The first kappa shape index (κ1) is 10.4. The Kier molecular flexibility index (Phi) is 2.24. The largest absolute Gasteiger partial charge is 0.294 e. The van der Waals surface area contributed by atoms with Gasteiger partial charge in [-0.25, -0.2) is 0 Å². The topological polar surface area (TPSA) is 60.2 Å². The number of ketones is 1. The summed E-state index contributed by atoms with van der Waals surface area (Å²) in [6.45, 7) is 0. The lowest BCUT2D eigenvalue weighted by Gasteiger charge is -2.10. The maximum Gasteiger partial charge on any atom is 0.270 e. The number of hydrogen-bond donors (Lipinski definition) is 0. The van der Waals surface area contributed by atoms with E-state index in [1.54, 1.807) is 6.07 Å². The second-order valence-corrected chi connectivity index (χ2v) is 4.89. The van der Waals surface area contributed by atoms with E-state index >= 15 is 0 Å². The van der Waals surface area contributed by atoms with Crippen molar-refractivity contribution in [1.29, 1.82) is 0 Å². The molecule has 0 fully saturated rings. The van der Waals surface area contributed by atoms with Crippen LogP contribution in [-0.4, -0.2) is 10.7 Å². The van der Waals surface area contributed by atoms with Crippen molar-refractivity contribution in [2.45, 2.75) is 38.0 Å². The molecule has 0 amide bonds. The van der Waals surface area contributed by atoms with E-state index in [-0.39, 0.29) is 11.5 Å². The molecule has 2 aliphatic rings. The Balaban J connectivity index is 2.22. The van der Waals surface area contributed by atoms with Gasteiger partial charge in [0.25, 0.3) is 5.69 Å². The summed E-state index contributed by atoms with van der Waals surface area (Å²) in [5.41, 5.74) is 2.82. The van der Waals surface area contributed by atoms with E-state index in [1.807, 2.05) is 0 Å². The number of hydrogen-bond acceptors (Lipinski definition) is 3. The van der Waals surface area contributed by atoms with Gasteiger partial charge in [-0.15, -0.1) is 0 Å². The van der Waals surface area contributed by atoms with Crippen molar-refractivity contribution in [1.82, 2.24) is 0 Å². The van der Waals surface area contributed by atoms with Gasteiger partial charge in [0.1, 0.15) is 0 Å². The molecule has 3 rings (SSSR count). The predicted molar refractivity (Wildman–Crippen MR) is 62.3 cm³/mol. The molecule has 0 saturated carbocycles. The molecule has 0 aliphatic heterocycles. The second-order valence-electron chi connectivity index (χ2n) is 4.89. The lowest BCUT2D eigenvalue weighted by atomic mass is 9.94. The third-order valence-electron chi connectivity index (χ3n) is 3.85. The molecule has 0 heterocycles. The molecular formula is C13H13NO3. The van der Waals surface area contributed by atoms with Gasteiger partial charge < -0.3 is 0 Å². The van der Waals surface area contributed by atoms with Crippen molar-refractivity contribution in [2.24, 2.45) is 0 Å². The highest BCUT2D eigenvalue weighted by Gasteiger charge is 2.34. The van der Waals surface area contributed by atoms with Gasteiger partial charge in [-0.2, -0.15) is 0 Å². The monoisotopic (exact) mass is 231 g/mol. The number of non-ortho nitro benzene ring substituents is 1. The van der Waals surface area contributed by atoms with Crippen molar-refractivity contribution < 1.29 is 9.72 Å². The quantitative estimate of drug-likeness (QED) is 0.551. The SMILES string of the molecule is O=C1CC2CCCCc3cc([N+](=O)[O-])cc1c32. The molecule has 1 aromatic rings. The normalized spacial score (nSPS) is 22.1. The number of nitro groups is 1. The summed E-state index contributed by atoms with van der Waals surface area (Å²) >= 11 is 0. The molecule has 4 heteroatoms. The Labute approximate surface area is 98.8 Å². The minimum atomic E-state index is -0.401. The Morgan fingerprint density at radius 1 is 1.29 bits per heavy atom. The van der Waals surface area contributed by atoms with Crippen molar-refractivity contribution in [3.05, 3.63) is 38.9 Å². The summed E-state index contributed by atoms with van der Waals surface area (Å²) in [4.78, 5) is 22.3. The van der Waals surface area contributed by atoms with Gasteiger partial charge >= 0.3 is 0 Å². The van der Waals surface area contributed by atoms with Gasteiger partial charge in [-0.1, -0.05) is 6.42 Å². The highest BCUT2D eigenvalue weighted by Crippen LogP contribution is 2.43. The number of carbonyl (C=O) groups is 1. The molecule has 0 saturated heterocycles. The number of carbonyl (C=O) groups excluding carboxylic acids is 1. The molecule has 0 aromatic heterocycles. The average Bonchev–Trinajstić information content (AvgIpc) is 2.49. The molecule has 0 radical (unpaired) electrons. The zero-order valence-electron chi connectivity index (χ0n) is 9.44. The van der Waals surface area contributed by atoms with Gasteiger partial charge in [0, 0.05) is 24.1 Å². The van der Waals surface area contributed by atoms with Crippen LogP contribution >= 0.6 is 0 Å². The molecule has 0 N–H and O–H groups in total. The van der Waals surface area contributed by atoms with Crippen LogP contribution in [0, 0.1) is 10.1 Å². The van der Waals surface area contributed by atoms with E-state index in [9.17, 15) is 14.9 Å². The highest BCUT2D eigenvalue weighted by atomic mass is 16.6. The number of nitro benzene ring substituents is 1. The fourth-order valence-electron chi connectivity index (χ4n) is 3.11. The van der Waals surface area contributed by atoms with Crippen LogP contribution in [-0.2, 0) is 6.42 Å². The summed E-state index contributed by atoms with van der Waals surface area (Å²) < 4.78 is 0. The smallest absolute Gasteiger partial charge is 0.270 e. The third kappa shape index (κ3) is 1.55. The van der Waals surface area contributed by atoms with Gasteiger partial charge in [-0.05, 0) is 36.3 Å². The van der Waals surface area contributed by atoms with E-state index < -0.39 is 4.92 Å². The standard InChI is InChI=1S/C13H13NO3/c15-12-6-9-4-2-1-3-8-5-10(14(16)17)7-11(12)13(8)9/h5,7,9H,1-4,6H2. The fraction of sp³-hybridized carbons (Fsp3) is 0.462. The zero-order valence-corrected chi connectivity index (χ0v) is 9.44. The summed E-state index contributed by atoms with van der Waals surface area (Å²) in [6.07, 6.45) is 4.64. The third-order valence-corrected chi connectivity index (χ3v) is 3.85. The number of Topliss-reactive ketones (excluding diaryl/α,β-unsaturated/α-hetero) is 1. The Hall–Kier alpha value is -1.71. The van der Waals surface area contributed by atoms with Gasteiger partial charge in [0.15, 0.2) is 5.78 Å². The van der Waals surface area contributed by atoms with Crippen LogP contribution in [0.25, 0.3) is 0 Å². The van der Waals surface area contributed by atoms with Crippen LogP contribution in [0.15, 0.2) is 12.1 Å². The van der Waals surface area contributed by atoms with Crippen LogP contribution in [0.1, 0.15) is 53.1 Å². The minimum Gasteiger partial charge on any atom is -0.294 e. The van der Waals surface area contributed by atoms with E-state index in [0.717, 1.165) is 36.8 Å². The van der Waals surface area contributed by atoms with Gasteiger partial charge in [0.2, 0.25) is 0 Å². The number of aryl methyl sites for hydroxylation is 1. The van der Waals surface area contributed by atoms with Crippen LogP contribution in [0.2, 0.25) is 0 Å². The first-order valence-corrected chi connectivity index (χ1v) is 6.01. The van der Waals surface area contributed by atoms with Crippen LogP contribution in [0.4, 0.5) is 5.69 Å². The molecule has 4 nitrogen and oxygen atoms in total. The first-order valence-electron chi connectivity index (χ1n) is 6.01. The predicted octanol–water partition coefficient (Wildman–Crippen LogP) is 2.99. The highest BCUT2D eigenvalue weighted by molar-refractivity contribution is 6.02. The number of nitrogens with zero attached hydrogens (tertiary/aromatic N) is 1. The molecule has 0 bridgehead atoms. The van der Waals surface area contributed by atoms with E-state index in [4.69, 9.17) is 0 Å². The molecule has 1 aromatic carbocycles. The lowest BCUT2D eigenvalue weighted by molar-refractivity contribution is -0.384. The summed E-state index contributed by atoms with van der Waals surface area (Å²) in [6, 6.07) is 3.13. The lowest BCUT2D eigenvalue weighted by Crippen LogP contribution is -1.99. The van der Waals surface area contributed by atoms with E-state index in [1.165, 1.54) is 6.07 Å². The molecule has 2 aliphatic carbocycles. The summed E-state index contributed by atoms with van der Waals surface area (Å²) in [5, 5.41) is 10.9. The average molecular weight is 231 g/mol. The number of benzene rings is 1. The van der Waals surface area contributed by atoms with Crippen molar-refractivity contribution >= 4 is 11.5 Å². The Morgan fingerprint density at radius 2 is 2.12 bits per heavy atom. The zero-order chi connectivity index (χ0) is 12.0. The van der Waals surface area contributed by atoms with E-state index in [0.29, 0.717) is 17.9 Å². The molecule has 88 valence electrons. The van der Waals surface area contributed by atoms with Crippen molar-refractivity contribution in [2.75, 3.05) is 0 Å². The fourth-order valence-corrected chi connectivity index (χ4v) is 3.11. The Bertz CT molecular complexity index is 522. The van der Waals surface area contributed by atoms with Crippen molar-refractivity contribution in [3.63, 3.8) is 0 Å². The first-order chi connectivity index (χ1) is 8.16. The molecule has 1 unspecified atom stereocenters.